The third kappa shape index (κ3) is 6.76. The van der Waals surface area contributed by atoms with Gasteiger partial charge in [-0.05, 0) is 69.1 Å². The number of halogens is 3. The van der Waals surface area contributed by atoms with Crippen LogP contribution in [-0.2, 0) is 19.6 Å². The Balaban J connectivity index is 1.21. The molecule has 6 rings (SSSR count). The number of ether oxygens (including phenoxy) is 1. The molecule has 0 unspecified atom stereocenters. The smallest absolute Gasteiger partial charge is 0.232 e. The van der Waals surface area contributed by atoms with Crippen molar-refractivity contribution in [1.82, 2.24) is 14.8 Å². The molecule has 4 heterocycles. The Morgan fingerprint density at radius 2 is 1.77 bits per heavy atom. The van der Waals surface area contributed by atoms with E-state index in [1.165, 1.54) is 22.7 Å². The molecular weight excluding hydrogens is 610 g/mol. The van der Waals surface area contributed by atoms with Gasteiger partial charge in [-0.3, -0.25) is 19.0 Å². The van der Waals surface area contributed by atoms with Crippen molar-refractivity contribution < 1.29 is 26.7 Å². The van der Waals surface area contributed by atoms with Crippen LogP contribution < -0.4 is 4.31 Å². The van der Waals surface area contributed by atoms with Crippen LogP contribution in [-0.4, -0.2) is 87.3 Å². The van der Waals surface area contributed by atoms with E-state index in [9.17, 15) is 17.6 Å². The second-order valence-corrected chi connectivity index (χ2v) is 15.3. The van der Waals surface area contributed by atoms with Crippen molar-refractivity contribution in [2.24, 2.45) is 11.8 Å². The molecule has 2 aromatic rings. The molecule has 4 fully saturated rings. The van der Waals surface area contributed by atoms with Crippen LogP contribution in [0, 0.1) is 30.4 Å². The fourth-order valence-corrected chi connectivity index (χ4v) is 8.33. The van der Waals surface area contributed by atoms with E-state index in [2.05, 4.69) is 4.90 Å². The average Bonchev–Trinajstić information content (AvgIpc) is 3.72. The minimum absolute atomic E-state index is 0.0151. The van der Waals surface area contributed by atoms with Crippen molar-refractivity contribution in [2.45, 2.75) is 63.3 Å². The van der Waals surface area contributed by atoms with E-state index in [0.29, 0.717) is 92.4 Å². The van der Waals surface area contributed by atoms with Gasteiger partial charge in [-0.2, -0.15) is 0 Å². The minimum atomic E-state index is -3.55. The maximum atomic E-state index is 15.1. The number of carbonyl (C=O) groups excluding carboxylic acids is 1. The molecule has 240 valence electrons. The molecule has 2 atom stereocenters. The first-order valence-electron chi connectivity index (χ1n) is 15.7. The van der Waals surface area contributed by atoms with Crippen LogP contribution in [0.5, 0.6) is 0 Å². The highest BCUT2D eigenvalue weighted by atomic mass is 35.5. The first kappa shape index (κ1) is 31.6. The molecule has 1 aliphatic carbocycles. The number of aryl methyl sites for hydroxylation is 1. The Hall–Kier alpha value is -2.34. The summed E-state index contributed by atoms with van der Waals surface area (Å²) in [5.74, 6) is -1.78. The Morgan fingerprint density at radius 3 is 2.41 bits per heavy atom. The fraction of sp³-hybridized carbons (Fsp3) is 0.625. The third-order valence-corrected chi connectivity index (χ3v) is 11.4. The largest absolute Gasteiger partial charge is 0.381 e. The Labute approximate surface area is 263 Å². The molecule has 1 amide bonds. The topological polar surface area (TPSA) is 83.1 Å². The van der Waals surface area contributed by atoms with Crippen LogP contribution in [0.2, 0.25) is 5.02 Å². The maximum absolute atomic E-state index is 15.1. The average molecular weight is 651 g/mol. The molecule has 44 heavy (non-hydrogen) atoms. The summed E-state index contributed by atoms with van der Waals surface area (Å²) in [7, 11) is -3.55. The molecule has 0 spiro atoms. The summed E-state index contributed by atoms with van der Waals surface area (Å²) in [5, 5.41) is 0.426. The van der Waals surface area contributed by atoms with Crippen LogP contribution in [0.3, 0.4) is 0 Å². The number of hydrogen-bond acceptors (Lipinski definition) is 6. The van der Waals surface area contributed by atoms with Gasteiger partial charge in [0.1, 0.15) is 11.6 Å². The molecule has 4 aliphatic rings. The predicted octanol–water partition coefficient (Wildman–Crippen LogP) is 5.10. The molecule has 12 heteroatoms. The number of pyridine rings is 1. The number of anilines is 1. The highest BCUT2D eigenvalue weighted by Crippen LogP contribution is 2.42. The van der Waals surface area contributed by atoms with E-state index >= 15 is 4.39 Å². The van der Waals surface area contributed by atoms with Gasteiger partial charge in [0.05, 0.1) is 34.3 Å². The Bertz CT molecular complexity index is 1490. The quantitative estimate of drug-likeness (QED) is 0.396. The highest BCUT2D eigenvalue weighted by molar-refractivity contribution is 7.92. The molecule has 3 saturated heterocycles. The molecule has 0 bridgehead atoms. The van der Waals surface area contributed by atoms with Crippen LogP contribution >= 0.6 is 11.6 Å². The van der Waals surface area contributed by atoms with Crippen molar-refractivity contribution in [3.8, 4) is 0 Å². The van der Waals surface area contributed by atoms with Crippen molar-refractivity contribution in [3.63, 3.8) is 0 Å². The lowest BCUT2D eigenvalue weighted by Gasteiger charge is -2.36. The minimum Gasteiger partial charge on any atom is -0.381 e. The first-order valence-corrected chi connectivity index (χ1v) is 17.9. The summed E-state index contributed by atoms with van der Waals surface area (Å²) in [5.41, 5.74) is 2.28. The highest BCUT2D eigenvalue weighted by Gasteiger charge is 2.44. The van der Waals surface area contributed by atoms with Gasteiger partial charge in [0.25, 0.3) is 0 Å². The van der Waals surface area contributed by atoms with Gasteiger partial charge in [-0.15, -0.1) is 0 Å². The van der Waals surface area contributed by atoms with Crippen LogP contribution in [0.15, 0.2) is 24.3 Å². The van der Waals surface area contributed by atoms with Crippen molar-refractivity contribution in [2.75, 3.05) is 56.5 Å². The second kappa shape index (κ2) is 12.8. The number of nitrogens with zero attached hydrogens (tertiary/aromatic N) is 4. The van der Waals surface area contributed by atoms with Crippen LogP contribution in [0.1, 0.15) is 67.3 Å². The summed E-state index contributed by atoms with van der Waals surface area (Å²) < 4.78 is 61.6. The summed E-state index contributed by atoms with van der Waals surface area (Å²) in [6.45, 7) is 5.61. The predicted molar refractivity (Wildman–Crippen MR) is 165 cm³/mol. The number of aromatic nitrogens is 1. The lowest BCUT2D eigenvalue weighted by molar-refractivity contribution is -0.136. The second-order valence-electron chi connectivity index (χ2n) is 13.0. The standard InChI is InChI=1S/C32H41ClF2N4O4S/c1-20-28(33)16-30(39(44(2,41)42)17-21-3-4-21)31(36-20)22-7-11-37(12-8-22)32(40)27-19-38(24-9-13-43-14-10-24)18-26(27)25-6-5-23(34)15-29(25)35/h5-6,15-16,21-22,24,26-27H,3-4,7-14,17-19H2,1-2H3/t26-,27+/m0/s1. The van der Waals surface area contributed by atoms with Gasteiger partial charge in [-0.1, -0.05) is 17.7 Å². The van der Waals surface area contributed by atoms with Crippen LogP contribution in [0.4, 0.5) is 14.5 Å². The normalized spacial score (nSPS) is 24.2. The van der Waals surface area contributed by atoms with E-state index < -0.39 is 27.6 Å². The molecule has 1 aromatic carbocycles. The molecule has 1 saturated carbocycles. The number of hydrogen-bond donors (Lipinski definition) is 0. The van der Waals surface area contributed by atoms with Gasteiger partial charge in [0.15, 0.2) is 0 Å². The van der Waals surface area contributed by atoms with Crippen molar-refractivity contribution in [3.05, 3.63) is 57.9 Å². The van der Waals surface area contributed by atoms with Gasteiger partial charge in [0, 0.05) is 69.9 Å². The third-order valence-electron chi connectivity index (χ3n) is 9.88. The van der Waals surface area contributed by atoms with Gasteiger partial charge < -0.3 is 9.64 Å². The number of sulfonamides is 1. The van der Waals surface area contributed by atoms with E-state index in [-0.39, 0.29) is 23.8 Å². The number of amides is 1. The summed E-state index contributed by atoms with van der Waals surface area (Å²) in [4.78, 5) is 23.1. The zero-order valence-electron chi connectivity index (χ0n) is 25.4. The number of likely N-dealkylation sites (tertiary alicyclic amines) is 2. The van der Waals surface area contributed by atoms with E-state index in [0.717, 1.165) is 31.7 Å². The van der Waals surface area contributed by atoms with Gasteiger partial charge >= 0.3 is 0 Å². The molecule has 0 N–H and O–H groups in total. The molecule has 3 aliphatic heterocycles. The Morgan fingerprint density at radius 1 is 1.07 bits per heavy atom. The van der Waals surface area contributed by atoms with Crippen LogP contribution in [0.25, 0.3) is 0 Å². The van der Waals surface area contributed by atoms with E-state index in [1.54, 1.807) is 6.07 Å². The monoisotopic (exact) mass is 650 g/mol. The number of piperidine rings is 1. The zero-order chi connectivity index (χ0) is 31.2. The molecular formula is C32H41ClF2N4O4S. The molecule has 0 radical (unpaired) electrons. The van der Waals surface area contributed by atoms with E-state index in [1.807, 2.05) is 11.8 Å². The summed E-state index contributed by atoms with van der Waals surface area (Å²) in [6.07, 6.45) is 6.22. The summed E-state index contributed by atoms with van der Waals surface area (Å²) in [6, 6.07) is 5.65. The first-order chi connectivity index (χ1) is 21.0. The SMILES string of the molecule is Cc1nc(C2CCN(C(=O)[C@@H]3CN(C4CCOCC4)C[C@H]3c3ccc(F)cc3F)CC2)c(N(CC2CC2)S(C)(=O)=O)cc1Cl. The van der Waals surface area contributed by atoms with Crippen molar-refractivity contribution in [1.29, 1.82) is 0 Å². The van der Waals surface area contributed by atoms with Crippen molar-refractivity contribution >= 4 is 33.2 Å². The lowest BCUT2D eigenvalue weighted by atomic mass is 9.86. The molecule has 1 aromatic heterocycles. The number of benzene rings is 1. The lowest BCUT2D eigenvalue weighted by Crippen LogP contribution is -2.44. The Kier molecular flexibility index (Phi) is 9.21. The maximum Gasteiger partial charge on any atom is 0.232 e. The van der Waals surface area contributed by atoms with E-state index in [4.69, 9.17) is 21.3 Å². The van der Waals surface area contributed by atoms with Gasteiger partial charge in [-0.25, -0.2) is 17.2 Å². The molecule has 8 nitrogen and oxygen atoms in total. The number of carbonyl (C=O) groups is 1. The summed E-state index contributed by atoms with van der Waals surface area (Å²) >= 11 is 6.46. The fourth-order valence-electron chi connectivity index (χ4n) is 7.20. The van der Waals surface area contributed by atoms with Gasteiger partial charge in [0.2, 0.25) is 15.9 Å². The zero-order valence-corrected chi connectivity index (χ0v) is 26.9. The number of rotatable bonds is 8.